The largest absolute Gasteiger partial charge is 0.298 e. The molecule has 0 bridgehead atoms. The summed E-state index contributed by atoms with van der Waals surface area (Å²) in [7, 11) is 0. The van der Waals surface area contributed by atoms with Gasteiger partial charge in [0.05, 0.1) is 6.07 Å². The molecule has 0 saturated heterocycles. The van der Waals surface area contributed by atoms with Crippen molar-refractivity contribution >= 4 is 11.8 Å². The van der Waals surface area contributed by atoms with E-state index < -0.39 is 0 Å². The van der Waals surface area contributed by atoms with E-state index in [9.17, 15) is 5.26 Å². The molecule has 0 aromatic rings. The molecule has 0 heterocycles. The third-order valence-electron chi connectivity index (χ3n) is 3.68. The van der Waals surface area contributed by atoms with E-state index in [0.717, 1.165) is 18.7 Å². The molecule has 0 radical (unpaired) electrons. The zero-order chi connectivity index (χ0) is 12.9. The Bertz CT molecular complexity index is 268. The van der Waals surface area contributed by atoms with E-state index in [0.29, 0.717) is 17.1 Å². The molecular weight excluding hydrogens is 228 g/mol. The minimum Gasteiger partial charge on any atom is -0.298 e. The maximum atomic E-state index is 9.54. The lowest BCUT2D eigenvalue weighted by atomic mass is 9.97. The molecule has 0 spiro atoms. The first-order chi connectivity index (χ1) is 8.05. The molecule has 1 aliphatic rings. The van der Waals surface area contributed by atoms with Gasteiger partial charge in [-0.05, 0) is 37.6 Å². The maximum Gasteiger partial charge on any atom is 0.118 e. The maximum absolute atomic E-state index is 9.54. The van der Waals surface area contributed by atoms with Crippen molar-refractivity contribution in [2.24, 2.45) is 11.8 Å². The summed E-state index contributed by atoms with van der Waals surface area (Å²) in [5.74, 6) is 2.21. The lowest BCUT2D eigenvalue weighted by Gasteiger charge is -2.29. The summed E-state index contributed by atoms with van der Waals surface area (Å²) >= 11 is 1.95. The SMILES string of the molecule is CCCNC(C#N)(CSC(C)C(C)C)C1CC1. The molecule has 2 unspecified atom stereocenters. The van der Waals surface area contributed by atoms with Gasteiger partial charge < -0.3 is 0 Å². The van der Waals surface area contributed by atoms with Gasteiger partial charge in [-0.15, -0.1) is 0 Å². The number of rotatable bonds is 8. The highest BCUT2D eigenvalue weighted by Gasteiger charge is 2.45. The molecule has 2 nitrogen and oxygen atoms in total. The van der Waals surface area contributed by atoms with Crippen molar-refractivity contribution in [1.82, 2.24) is 5.32 Å². The second-order valence-corrected chi connectivity index (χ2v) is 6.91. The van der Waals surface area contributed by atoms with Crippen LogP contribution in [-0.4, -0.2) is 23.1 Å². The second kappa shape index (κ2) is 6.66. The van der Waals surface area contributed by atoms with Crippen LogP contribution in [0.5, 0.6) is 0 Å². The molecular formula is C14H26N2S. The number of nitriles is 1. The fourth-order valence-electron chi connectivity index (χ4n) is 1.86. The Morgan fingerprint density at radius 2 is 2.06 bits per heavy atom. The Balaban J connectivity index is 2.54. The van der Waals surface area contributed by atoms with E-state index in [2.05, 4.69) is 39.1 Å². The van der Waals surface area contributed by atoms with Gasteiger partial charge in [0.25, 0.3) is 0 Å². The topological polar surface area (TPSA) is 35.8 Å². The lowest BCUT2D eigenvalue weighted by Crippen LogP contribution is -2.49. The highest BCUT2D eigenvalue weighted by atomic mass is 32.2. The summed E-state index contributed by atoms with van der Waals surface area (Å²) in [6.07, 6.45) is 3.54. The van der Waals surface area contributed by atoms with Crippen molar-refractivity contribution in [2.75, 3.05) is 12.3 Å². The van der Waals surface area contributed by atoms with Crippen molar-refractivity contribution in [2.45, 2.75) is 57.7 Å². The number of nitrogens with zero attached hydrogens (tertiary/aromatic N) is 1. The zero-order valence-electron chi connectivity index (χ0n) is 11.6. The number of thioether (sulfide) groups is 1. The van der Waals surface area contributed by atoms with Gasteiger partial charge in [0.1, 0.15) is 5.54 Å². The molecule has 0 amide bonds. The normalized spacial score (nSPS) is 20.9. The first-order valence-corrected chi connectivity index (χ1v) is 7.88. The number of hydrogen-bond donors (Lipinski definition) is 1. The van der Waals surface area contributed by atoms with Crippen LogP contribution in [0.1, 0.15) is 47.0 Å². The van der Waals surface area contributed by atoms with Crippen molar-refractivity contribution in [3.63, 3.8) is 0 Å². The van der Waals surface area contributed by atoms with Gasteiger partial charge in [0.15, 0.2) is 0 Å². The van der Waals surface area contributed by atoms with Crippen LogP contribution in [0.3, 0.4) is 0 Å². The van der Waals surface area contributed by atoms with Crippen LogP contribution < -0.4 is 5.32 Å². The molecule has 17 heavy (non-hydrogen) atoms. The lowest BCUT2D eigenvalue weighted by molar-refractivity contribution is 0.405. The molecule has 1 saturated carbocycles. The van der Waals surface area contributed by atoms with Crippen LogP contribution in [0, 0.1) is 23.2 Å². The van der Waals surface area contributed by atoms with E-state index in [1.165, 1.54) is 12.8 Å². The summed E-state index contributed by atoms with van der Waals surface area (Å²) in [5, 5.41) is 13.7. The van der Waals surface area contributed by atoms with Gasteiger partial charge in [0.2, 0.25) is 0 Å². The minimum absolute atomic E-state index is 0.260. The molecule has 98 valence electrons. The molecule has 1 aliphatic carbocycles. The third kappa shape index (κ3) is 4.19. The van der Waals surface area contributed by atoms with Gasteiger partial charge in [-0.1, -0.05) is 27.7 Å². The fraction of sp³-hybridized carbons (Fsp3) is 0.929. The van der Waals surface area contributed by atoms with Crippen LogP contribution in [0.4, 0.5) is 0 Å². The van der Waals surface area contributed by atoms with Gasteiger partial charge >= 0.3 is 0 Å². The van der Waals surface area contributed by atoms with Crippen LogP contribution in [0.25, 0.3) is 0 Å². The van der Waals surface area contributed by atoms with Gasteiger partial charge in [-0.2, -0.15) is 17.0 Å². The van der Waals surface area contributed by atoms with E-state index in [1.807, 2.05) is 11.8 Å². The number of nitrogens with one attached hydrogen (secondary N) is 1. The Morgan fingerprint density at radius 1 is 1.41 bits per heavy atom. The average Bonchev–Trinajstić information content (AvgIpc) is 3.14. The Morgan fingerprint density at radius 3 is 2.47 bits per heavy atom. The quantitative estimate of drug-likeness (QED) is 0.721. The van der Waals surface area contributed by atoms with E-state index in [4.69, 9.17) is 0 Å². The minimum atomic E-state index is -0.260. The second-order valence-electron chi connectivity index (χ2n) is 5.54. The predicted octanol–water partition coefficient (Wildman–Crippen LogP) is 3.44. The summed E-state index contributed by atoms with van der Waals surface area (Å²) in [4.78, 5) is 0. The van der Waals surface area contributed by atoms with E-state index >= 15 is 0 Å². The van der Waals surface area contributed by atoms with Crippen LogP contribution in [0.2, 0.25) is 0 Å². The molecule has 1 fully saturated rings. The smallest absolute Gasteiger partial charge is 0.118 e. The summed E-state index contributed by atoms with van der Waals surface area (Å²) < 4.78 is 0. The van der Waals surface area contributed by atoms with Crippen LogP contribution in [0.15, 0.2) is 0 Å². The van der Waals surface area contributed by atoms with Crippen molar-refractivity contribution in [3.8, 4) is 6.07 Å². The fourth-order valence-corrected chi connectivity index (χ4v) is 3.17. The molecule has 0 aromatic heterocycles. The summed E-state index contributed by atoms with van der Waals surface area (Å²) in [6, 6.07) is 2.57. The summed E-state index contributed by atoms with van der Waals surface area (Å²) in [5.41, 5.74) is -0.260. The van der Waals surface area contributed by atoms with Crippen LogP contribution in [-0.2, 0) is 0 Å². The standard InChI is InChI=1S/C14H26N2S/c1-5-8-16-14(9-15,13-6-7-13)10-17-12(4)11(2)3/h11-13,16H,5-8,10H2,1-4H3. The molecule has 3 heteroatoms. The highest BCUT2D eigenvalue weighted by molar-refractivity contribution is 7.99. The predicted molar refractivity (Wildman–Crippen MR) is 76.1 cm³/mol. The number of hydrogen-bond acceptors (Lipinski definition) is 3. The highest BCUT2D eigenvalue weighted by Crippen LogP contribution is 2.42. The Kier molecular flexibility index (Phi) is 5.82. The van der Waals surface area contributed by atoms with Crippen molar-refractivity contribution in [3.05, 3.63) is 0 Å². The average molecular weight is 254 g/mol. The molecule has 0 aliphatic heterocycles. The monoisotopic (exact) mass is 254 g/mol. The molecule has 1 rings (SSSR count). The van der Waals surface area contributed by atoms with Crippen molar-refractivity contribution in [1.29, 1.82) is 5.26 Å². The third-order valence-corrected chi connectivity index (χ3v) is 5.37. The Hall–Kier alpha value is -0.200. The van der Waals surface area contributed by atoms with Crippen molar-refractivity contribution < 1.29 is 0 Å². The van der Waals surface area contributed by atoms with E-state index in [1.54, 1.807) is 0 Å². The van der Waals surface area contributed by atoms with E-state index in [-0.39, 0.29) is 5.54 Å². The van der Waals surface area contributed by atoms with Gasteiger partial charge in [-0.3, -0.25) is 5.32 Å². The molecule has 2 atom stereocenters. The zero-order valence-corrected chi connectivity index (χ0v) is 12.4. The molecule has 1 N–H and O–H groups in total. The van der Waals surface area contributed by atoms with Gasteiger partial charge in [-0.25, -0.2) is 0 Å². The first-order valence-electron chi connectivity index (χ1n) is 6.83. The Labute approximate surface area is 111 Å². The first kappa shape index (κ1) is 14.9. The summed E-state index contributed by atoms with van der Waals surface area (Å²) in [6.45, 7) is 9.89. The molecule has 0 aromatic carbocycles. The van der Waals surface area contributed by atoms with Crippen LogP contribution >= 0.6 is 11.8 Å². The van der Waals surface area contributed by atoms with Gasteiger partial charge in [0, 0.05) is 11.0 Å².